The van der Waals surface area contributed by atoms with E-state index in [-0.39, 0.29) is 17.7 Å². The number of halogens is 2. The molecule has 2 aromatic heterocycles. The second-order valence-electron chi connectivity index (χ2n) is 9.05. The van der Waals surface area contributed by atoms with E-state index in [1.807, 2.05) is 13.0 Å². The van der Waals surface area contributed by atoms with E-state index in [0.717, 1.165) is 23.8 Å². The topological polar surface area (TPSA) is 119 Å². The Morgan fingerprint density at radius 1 is 1.35 bits per heavy atom. The van der Waals surface area contributed by atoms with E-state index in [4.69, 9.17) is 16.6 Å². The molecular weight excluding hydrogens is 544 g/mol. The number of carbonyl (C=O) groups is 1. The first-order valence-electron chi connectivity index (χ1n) is 10.8. The van der Waals surface area contributed by atoms with Gasteiger partial charge in [0.15, 0.2) is 5.65 Å². The molecule has 2 atom stereocenters. The summed E-state index contributed by atoms with van der Waals surface area (Å²) in [5.74, 6) is 0.526. The lowest BCUT2D eigenvalue weighted by Gasteiger charge is -2.22. The lowest BCUT2D eigenvalue weighted by atomic mass is 9.87. The van der Waals surface area contributed by atoms with E-state index in [1.165, 1.54) is 6.26 Å². The normalized spacial score (nSPS) is 20.6. The molecular formula is C22H26BrClN6O3S. The van der Waals surface area contributed by atoms with Crippen LogP contribution in [-0.2, 0) is 21.1 Å². The first kappa shape index (κ1) is 24.9. The molecule has 0 saturated heterocycles. The van der Waals surface area contributed by atoms with Gasteiger partial charge in [-0.2, -0.15) is 10.1 Å². The summed E-state index contributed by atoms with van der Waals surface area (Å²) in [5.41, 5.74) is 1.63. The number of aryl methyl sites for hydroxylation is 1. The van der Waals surface area contributed by atoms with Gasteiger partial charge in [-0.1, -0.05) is 18.5 Å². The number of carbonyl (C=O) groups excluding carboxylic acids is 1. The van der Waals surface area contributed by atoms with Crippen LogP contribution in [0.15, 0.2) is 29.0 Å². The van der Waals surface area contributed by atoms with Gasteiger partial charge in [0.1, 0.15) is 14.4 Å². The molecule has 182 valence electrons. The second-order valence-corrected chi connectivity index (χ2v) is 12.5. The average molecular weight is 570 g/mol. The number of aromatic nitrogens is 4. The number of amides is 1. The fourth-order valence-electron chi connectivity index (χ4n) is 4.38. The van der Waals surface area contributed by atoms with Gasteiger partial charge in [-0.3, -0.25) is 4.79 Å². The van der Waals surface area contributed by atoms with Gasteiger partial charge < -0.3 is 10.6 Å². The SMILES string of the molecule is CNC(=O)[C@]1(C)CC[C@@H](Nc2ncc3c(Br)nn(-c4cc(Cl)cc(CCS(C)(=O)=O)c4)c3n2)C1. The van der Waals surface area contributed by atoms with Crippen molar-refractivity contribution in [2.75, 3.05) is 24.4 Å². The molecule has 1 fully saturated rings. The van der Waals surface area contributed by atoms with Crippen molar-refractivity contribution >= 4 is 60.3 Å². The molecule has 3 aromatic rings. The van der Waals surface area contributed by atoms with E-state index in [1.54, 1.807) is 30.1 Å². The van der Waals surface area contributed by atoms with Crippen molar-refractivity contribution in [3.8, 4) is 5.69 Å². The van der Waals surface area contributed by atoms with E-state index in [9.17, 15) is 13.2 Å². The number of fused-ring (bicyclic) bond motifs is 1. The Labute approximate surface area is 211 Å². The highest BCUT2D eigenvalue weighted by Crippen LogP contribution is 2.39. The van der Waals surface area contributed by atoms with Gasteiger partial charge in [0.05, 0.1) is 16.8 Å². The molecule has 0 unspecified atom stereocenters. The van der Waals surface area contributed by atoms with Gasteiger partial charge in [-0.15, -0.1) is 0 Å². The van der Waals surface area contributed by atoms with Crippen LogP contribution in [0.4, 0.5) is 5.95 Å². The third-order valence-corrected chi connectivity index (χ3v) is 7.93. The van der Waals surface area contributed by atoms with Gasteiger partial charge in [0.2, 0.25) is 11.9 Å². The Hall–Kier alpha value is -2.24. The summed E-state index contributed by atoms with van der Waals surface area (Å²) < 4.78 is 25.4. The quantitative estimate of drug-likeness (QED) is 0.447. The number of nitrogens with one attached hydrogen (secondary N) is 2. The van der Waals surface area contributed by atoms with Gasteiger partial charge in [0, 0.05) is 36.0 Å². The van der Waals surface area contributed by atoms with Crippen molar-refractivity contribution in [1.29, 1.82) is 0 Å². The Morgan fingerprint density at radius 2 is 2.12 bits per heavy atom. The summed E-state index contributed by atoms with van der Waals surface area (Å²) in [6, 6.07) is 5.44. The van der Waals surface area contributed by atoms with Crippen LogP contribution in [-0.4, -0.2) is 59.2 Å². The molecule has 2 heterocycles. The fourth-order valence-corrected chi connectivity index (χ4v) is 5.67. The first-order valence-corrected chi connectivity index (χ1v) is 14.1. The van der Waals surface area contributed by atoms with Crippen molar-refractivity contribution in [2.45, 2.75) is 38.6 Å². The zero-order valence-electron chi connectivity index (χ0n) is 19.1. The molecule has 4 rings (SSSR count). The summed E-state index contributed by atoms with van der Waals surface area (Å²) in [4.78, 5) is 21.4. The van der Waals surface area contributed by atoms with Crippen molar-refractivity contribution < 1.29 is 13.2 Å². The highest BCUT2D eigenvalue weighted by Gasteiger charge is 2.40. The number of hydrogen-bond acceptors (Lipinski definition) is 7. The molecule has 1 saturated carbocycles. The molecule has 1 aromatic carbocycles. The van der Waals surface area contributed by atoms with Gasteiger partial charge in [-0.05, 0) is 65.4 Å². The second kappa shape index (κ2) is 9.43. The average Bonchev–Trinajstić information content (AvgIpc) is 3.31. The summed E-state index contributed by atoms with van der Waals surface area (Å²) in [5, 5.41) is 11.9. The summed E-state index contributed by atoms with van der Waals surface area (Å²) in [7, 11) is -1.44. The van der Waals surface area contributed by atoms with Gasteiger partial charge in [0.25, 0.3) is 0 Å². The lowest BCUT2D eigenvalue weighted by Crippen LogP contribution is -2.35. The van der Waals surface area contributed by atoms with Crippen LogP contribution < -0.4 is 10.6 Å². The number of nitrogens with zero attached hydrogens (tertiary/aromatic N) is 4. The molecule has 0 spiro atoms. The first-order chi connectivity index (χ1) is 16.0. The molecule has 0 radical (unpaired) electrons. The largest absolute Gasteiger partial charge is 0.359 e. The van der Waals surface area contributed by atoms with Crippen LogP contribution in [0.2, 0.25) is 5.02 Å². The highest BCUT2D eigenvalue weighted by molar-refractivity contribution is 9.10. The molecule has 12 heteroatoms. The van der Waals surface area contributed by atoms with Crippen LogP contribution in [0.25, 0.3) is 16.7 Å². The standard InChI is InChI=1S/C22H26BrClN6O3S/c1-22(20(31)25-2)6-4-15(11-22)27-21-26-12-17-18(23)29-30(19(17)28-21)16-9-13(8-14(24)10-16)5-7-34(3,32)33/h8-10,12,15H,4-7,11H2,1-3H3,(H,25,31)(H,26,27,28)/t15-,22-/m1/s1. The fraction of sp³-hybridized carbons (Fsp3) is 0.455. The maximum atomic E-state index is 12.2. The van der Waals surface area contributed by atoms with E-state index < -0.39 is 15.3 Å². The van der Waals surface area contributed by atoms with Crippen LogP contribution >= 0.6 is 27.5 Å². The maximum Gasteiger partial charge on any atom is 0.225 e. The zero-order valence-corrected chi connectivity index (χ0v) is 22.3. The molecule has 1 amide bonds. The van der Waals surface area contributed by atoms with Crippen LogP contribution in [0, 0.1) is 5.41 Å². The summed E-state index contributed by atoms with van der Waals surface area (Å²) in [6.07, 6.45) is 5.57. The molecule has 2 N–H and O–H groups in total. The molecule has 34 heavy (non-hydrogen) atoms. The van der Waals surface area contributed by atoms with E-state index in [2.05, 4.69) is 36.6 Å². The minimum atomic E-state index is -3.10. The Balaban J connectivity index is 1.64. The lowest BCUT2D eigenvalue weighted by molar-refractivity contribution is -0.129. The predicted octanol–water partition coefficient (Wildman–Crippen LogP) is 3.54. The summed E-state index contributed by atoms with van der Waals surface area (Å²) in [6.45, 7) is 1.98. The predicted molar refractivity (Wildman–Crippen MR) is 136 cm³/mol. The zero-order chi connectivity index (χ0) is 24.7. The molecule has 1 aliphatic rings. The third kappa shape index (κ3) is 5.36. The van der Waals surface area contributed by atoms with Gasteiger partial charge >= 0.3 is 0 Å². The van der Waals surface area contributed by atoms with Crippen molar-refractivity contribution in [3.05, 3.63) is 39.6 Å². The minimum Gasteiger partial charge on any atom is -0.359 e. The third-order valence-electron chi connectivity index (χ3n) is 6.18. The number of rotatable bonds is 7. The number of sulfone groups is 1. The molecule has 0 aliphatic heterocycles. The van der Waals surface area contributed by atoms with Crippen molar-refractivity contribution in [3.63, 3.8) is 0 Å². The van der Waals surface area contributed by atoms with Crippen molar-refractivity contribution in [1.82, 2.24) is 25.1 Å². The molecule has 0 bridgehead atoms. The highest BCUT2D eigenvalue weighted by atomic mass is 79.9. The van der Waals surface area contributed by atoms with Crippen LogP contribution in [0.1, 0.15) is 31.7 Å². The molecule has 9 nitrogen and oxygen atoms in total. The maximum absolute atomic E-state index is 12.2. The smallest absolute Gasteiger partial charge is 0.225 e. The Morgan fingerprint density at radius 3 is 2.82 bits per heavy atom. The van der Waals surface area contributed by atoms with Crippen LogP contribution in [0.3, 0.4) is 0 Å². The molecule has 1 aliphatic carbocycles. The monoisotopic (exact) mass is 568 g/mol. The van der Waals surface area contributed by atoms with E-state index in [0.29, 0.717) is 39.8 Å². The van der Waals surface area contributed by atoms with Gasteiger partial charge in [-0.25, -0.2) is 18.1 Å². The number of anilines is 1. The number of benzene rings is 1. The van der Waals surface area contributed by atoms with Crippen LogP contribution in [0.5, 0.6) is 0 Å². The van der Waals surface area contributed by atoms with E-state index >= 15 is 0 Å². The van der Waals surface area contributed by atoms with Crippen molar-refractivity contribution in [2.24, 2.45) is 5.41 Å². The Bertz CT molecular complexity index is 1360. The number of hydrogen-bond donors (Lipinski definition) is 2. The minimum absolute atomic E-state index is 0.0307. The summed E-state index contributed by atoms with van der Waals surface area (Å²) >= 11 is 9.81. The Kier molecular flexibility index (Phi) is 6.90.